The largest absolute Gasteiger partial charge is 0.390 e. The van der Waals surface area contributed by atoms with E-state index in [1.54, 1.807) is 0 Å². The van der Waals surface area contributed by atoms with Gasteiger partial charge in [0.1, 0.15) is 4.99 Å². The van der Waals surface area contributed by atoms with Gasteiger partial charge in [-0.15, -0.1) is 0 Å². The van der Waals surface area contributed by atoms with Gasteiger partial charge in [-0.05, 0) is 60.3 Å². The van der Waals surface area contributed by atoms with E-state index < -0.39 is 5.60 Å². The summed E-state index contributed by atoms with van der Waals surface area (Å²) in [6, 6.07) is 6.04. The zero-order valence-corrected chi connectivity index (χ0v) is 13.4. The van der Waals surface area contributed by atoms with E-state index in [1.165, 1.54) is 0 Å². The Hall–Kier alpha value is -0.650. The molecule has 1 aromatic rings. The van der Waals surface area contributed by atoms with Gasteiger partial charge in [-0.1, -0.05) is 12.2 Å². The zero-order valence-electron chi connectivity index (χ0n) is 11.0. The summed E-state index contributed by atoms with van der Waals surface area (Å²) in [6.07, 6.45) is 2.65. The molecule has 1 aliphatic rings. The predicted octanol–water partition coefficient (Wildman–Crippen LogP) is 2.82. The van der Waals surface area contributed by atoms with Crippen molar-refractivity contribution in [3.05, 3.63) is 28.2 Å². The Morgan fingerprint density at radius 1 is 1.42 bits per heavy atom. The van der Waals surface area contributed by atoms with Crippen molar-refractivity contribution in [3.8, 4) is 0 Å². The molecular weight excluding hydrogens is 324 g/mol. The number of hydrogen-bond acceptors (Lipinski definition) is 3. The van der Waals surface area contributed by atoms with Crippen molar-refractivity contribution in [2.24, 2.45) is 5.73 Å². The molecule has 0 bridgehead atoms. The molecule has 0 aromatic heterocycles. The second-order valence-electron chi connectivity index (χ2n) is 5.37. The fraction of sp³-hybridized carbons (Fsp3) is 0.500. The van der Waals surface area contributed by atoms with Gasteiger partial charge < -0.3 is 15.7 Å². The van der Waals surface area contributed by atoms with E-state index in [4.69, 9.17) is 18.0 Å². The molecule has 19 heavy (non-hydrogen) atoms. The molecule has 1 aromatic carbocycles. The highest BCUT2D eigenvalue weighted by Crippen LogP contribution is 2.28. The Balaban J connectivity index is 2.18. The lowest BCUT2D eigenvalue weighted by molar-refractivity contribution is 0.0481. The molecule has 1 aliphatic heterocycles. The summed E-state index contributed by atoms with van der Waals surface area (Å²) in [5.41, 5.74) is 7.13. The van der Waals surface area contributed by atoms with Crippen LogP contribution in [-0.4, -0.2) is 28.8 Å². The molecule has 1 saturated heterocycles. The highest BCUT2D eigenvalue weighted by Gasteiger charge is 2.25. The minimum absolute atomic E-state index is 0.400. The quantitative estimate of drug-likeness (QED) is 0.811. The highest BCUT2D eigenvalue weighted by atomic mass is 79.9. The van der Waals surface area contributed by atoms with Gasteiger partial charge in [0, 0.05) is 28.8 Å². The fourth-order valence-electron chi connectivity index (χ4n) is 2.42. The van der Waals surface area contributed by atoms with Crippen LogP contribution in [0.25, 0.3) is 0 Å². The first-order valence-electron chi connectivity index (χ1n) is 6.46. The minimum Gasteiger partial charge on any atom is -0.390 e. The summed E-state index contributed by atoms with van der Waals surface area (Å²) in [6.45, 7) is 3.75. The maximum atomic E-state index is 10.1. The van der Waals surface area contributed by atoms with Crippen molar-refractivity contribution in [2.45, 2.75) is 31.8 Å². The van der Waals surface area contributed by atoms with E-state index in [0.29, 0.717) is 4.99 Å². The monoisotopic (exact) mass is 342 g/mol. The van der Waals surface area contributed by atoms with Gasteiger partial charge in [-0.25, -0.2) is 0 Å². The third kappa shape index (κ3) is 3.68. The van der Waals surface area contributed by atoms with Crippen LogP contribution >= 0.6 is 28.1 Å². The zero-order chi connectivity index (χ0) is 14.0. The molecule has 3 nitrogen and oxygen atoms in total. The first-order valence-corrected chi connectivity index (χ1v) is 7.66. The maximum Gasteiger partial charge on any atom is 0.105 e. The second kappa shape index (κ2) is 5.77. The number of nitrogens with two attached hydrogens (primary N) is 1. The standard InChI is InChI=1S/C14H19BrN2OS/c1-14(18)5-2-7-17(8-6-14)10-3-4-11(13(16)19)12(15)9-10/h3-4,9,18H,2,5-8H2,1H3,(H2,16,19). The number of nitrogens with zero attached hydrogens (tertiary/aromatic N) is 1. The summed E-state index contributed by atoms with van der Waals surface area (Å²) in [4.78, 5) is 2.70. The molecule has 0 aliphatic carbocycles. The molecular formula is C14H19BrN2OS. The van der Waals surface area contributed by atoms with Crippen molar-refractivity contribution in [2.75, 3.05) is 18.0 Å². The van der Waals surface area contributed by atoms with E-state index >= 15 is 0 Å². The van der Waals surface area contributed by atoms with Crippen molar-refractivity contribution in [1.29, 1.82) is 0 Å². The number of aliphatic hydroxyl groups is 1. The number of hydrogen-bond donors (Lipinski definition) is 2. The Morgan fingerprint density at radius 3 is 2.79 bits per heavy atom. The Bertz CT molecular complexity index is 490. The normalized spacial score (nSPS) is 24.1. The van der Waals surface area contributed by atoms with Gasteiger partial charge >= 0.3 is 0 Å². The van der Waals surface area contributed by atoms with Crippen LogP contribution < -0.4 is 10.6 Å². The van der Waals surface area contributed by atoms with Gasteiger partial charge in [0.25, 0.3) is 0 Å². The van der Waals surface area contributed by atoms with Crippen molar-refractivity contribution >= 4 is 38.8 Å². The molecule has 0 amide bonds. The molecule has 1 fully saturated rings. The third-order valence-electron chi connectivity index (χ3n) is 3.65. The van der Waals surface area contributed by atoms with Crippen LogP contribution in [-0.2, 0) is 0 Å². The lowest BCUT2D eigenvalue weighted by Gasteiger charge is -2.24. The molecule has 1 heterocycles. The number of anilines is 1. The summed E-state index contributed by atoms with van der Waals surface area (Å²) >= 11 is 8.51. The van der Waals surface area contributed by atoms with Crippen LogP contribution in [0.4, 0.5) is 5.69 Å². The second-order valence-corrected chi connectivity index (χ2v) is 6.66. The number of halogens is 1. The van der Waals surface area contributed by atoms with Crippen LogP contribution in [0.3, 0.4) is 0 Å². The van der Waals surface area contributed by atoms with Crippen LogP contribution in [0.2, 0.25) is 0 Å². The highest BCUT2D eigenvalue weighted by molar-refractivity contribution is 9.10. The van der Waals surface area contributed by atoms with Gasteiger partial charge in [0.2, 0.25) is 0 Å². The summed E-state index contributed by atoms with van der Waals surface area (Å²) in [5, 5.41) is 10.1. The van der Waals surface area contributed by atoms with Crippen LogP contribution in [0, 0.1) is 0 Å². The van der Waals surface area contributed by atoms with E-state index in [-0.39, 0.29) is 0 Å². The molecule has 0 radical (unpaired) electrons. The first kappa shape index (κ1) is 14.8. The average molecular weight is 343 g/mol. The van der Waals surface area contributed by atoms with E-state index in [2.05, 4.69) is 26.9 Å². The SMILES string of the molecule is CC1(O)CCCN(c2ccc(C(N)=S)c(Br)c2)CC1. The van der Waals surface area contributed by atoms with Crippen LogP contribution in [0.1, 0.15) is 31.7 Å². The minimum atomic E-state index is -0.537. The molecule has 0 spiro atoms. The Labute approximate surface area is 127 Å². The number of benzene rings is 1. The number of rotatable bonds is 2. The van der Waals surface area contributed by atoms with E-state index in [0.717, 1.165) is 48.1 Å². The summed E-state index contributed by atoms with van der Waals surface area (Å²) < 4.78 is 0.925. The molecule has 3 N–H and O–H groups in total. The van der Waals surface area contributed by atoms with Crippen LogP contribution in [0.15, 0.2) is 22.7 Å². The lowest BCUT2D eigenvalue weighted by atomic mass is 9.98. The van der Waals surface area contributed by atoms with Crippen molar-refractivity contribution in [3.63, 3.8) is 0 Å². The van der Waals surface area contributed by atoms with Gasteiger partial charge in [-0.3, -0.25) is 0 Å². The van der Waals surface area contributed by atoms with Gasteiger partial charge in [0.05, 0.1) is 5.60 Å². The lowest BCUT2D eigenvalue weighted by Crippen LogP contribution is -2.28. The Morgan fingerprint density at radius 2 is 2.16 bits per heavy atom. The summed E-state index contributed by atoms with van der Waals surface area (Å²) in [5.74, 6) is 0. The van der Waals surface area contributed by atoms with Gasteiger partial charge in [-0.2, -0.15) is 0 Å². The average Bonchev–Trinajstić information content (AvgIpc) is 2.49. The fourth-order valence-corrected chi connectivity index (χ4v) is 3.31. The van der Waals surface area contributed by atoms with Crippen molar-refractivity contribution in [1.82, 2.24) is 0 Å². The number of thiocarbonyl (C=S) groups is 1. The maximum absolute atomic E-state index is 10.1. The van der Waals surface area contributed by atoms with Gasteiger partial charge in [0.15, 0.2) is 0 Å². The molecule has 1 atom stereocenters. The van der Waals surface area contributed by atoms with E-state index in [1.807, 2.05) is 19.1 Å². The molecule has 2 rings (SSSR count). The van der Waals surface area contributed by atoms with E-state index in [9.17, 15) is 5.11 Å². The third-order valence-corrected chi connectivity index (χ3v) is 4.52. The smallest absolute Gasteiger partial charge is 0.105 e. The first-order chi connectivity index (χ1) is 8.89. The summed E-state index contributed by atoms with van der Waals surface area (Å²) in [7, 11) is 0. The van der Waals surface area contributed by atoms with Crippen LogP contribution in [0.5, 0.6) is 0 Å². The molecule has 5 heteroatoms. The van der Waals surface area contributed by atoms with Crippen molar-refractivity contribution < 1.29 is 5.11 Å². The topological polar surface area (TPSA) is 49.5 Å². The Kier molecular flexibility index (Phi) is 4.48. The molecule has 0 saturated carbocycles. The predicted molar refractivity (Wildman–Crippen MR) is 86.7 cm³/mol. The molecule has 104 valence electrons. The molecule has 1 unspecified atom stereocenters.